The topological polar surface area (TPSA) is 68.1 Å². The predicted molar refractivity (Wildman–Crippen MR) is 121 cm³/mol. The minimum atomic E-state index is -4.49. The average molecular weight is 495 g/mol. The maximum atomic E-state index is 13.1. The second-order valence-electron chi connectivity index (χ2n) is 11.1. The van der Waals surface area contributed by atoms with Gasteiger partial charge < -0.3 is 0 Å². The maximum Gasteiger partial charge on any atom is 0.433 e. The number of rotatable bonds is 4. The fourth-order valence-electron chi connectivity index (χ4n) is 6.89. The van der Waals surface area contributed by atoms with E-state index < -0.39 is 21.7 Å². The first-order valence-corrected chi connectivity index (χ1v) is 13.9. The highest BCUT2D eigenvalue weighted by Gasteiger charge is 2.60. The minimum Gasteiger partial charge on any atom is -0.300 e. The van der Waals surface area contributed by atoms with Gasteiger partial charge in [0.05, 0.1) is 17.2 Å². The van der Waals surface area contributed by atoms with E-state index in [0.29, 0.717) is 41.0 Å². The van der Waals surface area contributed by atoms with E-state index >= 15 is 0 Å². The third-order valence-corrected chi connectivity index (χ3v) is 10.5. The fraction of sp³-hybridized carbons (Fsp3) is 0.667. The molecule has 4 aliphatic rings. The molecule has 2 saturated carbocycles. The highest BCUT2D eigenvalue weighted by molar-refractivity contribution is 7.92. The molecule has 6 nitrogen and oxygen atoms in total. The molecular weight excluding hydrogens is 465 g/mol. The number of pyridine rings is 1. The van der Waals surface area contributed by atoms with Gasteiger partial charge in [0.25, 0.3) is 0 Å². The molecule has 2 aromatic heterocycles. The van der Waals surface area contributed by atoms with Gasteiger partial charge in [-0.1, -0.05) is 6.07 Å². The maximum absolute atomic E-state index is 13.1. The first-order valence-electron chi connectivity index (χ1n) is 12.0. The fourth-order valence-corrected chi connectivity index (χ4v) is 9.14. The molecule has 4 fully saturated rings. The van der Waals surface area contributed by atoms with E-state index in [9.17, 15) is 21.6 Å². The van der Waals surface area contributed by atoms with Crippen LogP contribution < -0.4 is 0 Å². The molecular formula is C24H29F3N4O2S. The van der Waals surface area contributed by atoms with E-state index in [2.05, 4.69) is 15.0 Å². The summed E-state index contributed by atoms with van der Waals surface area (Å²) in [6.07, 6.45) is -1.31. The Kier molecular flexibility index (Phi) is 4.83. The number of aromatic nitrogens is 3. The van der Waals surface area contributed by atoms with Crippen molar-refractivity contribution in [3.8, 4) is 11.4 Å². The van der Waals surface area contributed by atoms with Crippen molar-refractivity contribution in [3.63, 3.8) is 0 Å². The Morgan fingerprint density at radius 2 is 1.82 bits per heavy atom. The van der Waals surface area contributed by atoms with Gasteiger partial charge in [-0.15, -0.1) is 0 Å². The number of halogens is 3. The lowest BCUT2D eigenvalue weighted by atomic mass is 9.91. The molecule has 0 bridgehead atoms. The van der Waals surface area contributed by atoms with Crippen LogP contribution in [0.1, 0.15) is 56.5 Å². The molecule has 0 radical (unpaired) electrons. The number of alkyl halides is 3. The summed E-state index contributed by atoms with van der Waals surface area (Å²) in [6, 6.07) is 6.49. The van der Waals surface area contributed by atoms with Crippen LogP contribution in [-0.4, -0.2) is 58.7 Å². The number of fused-ring (bicyclic) bond motifs is 1. The van der Waals surface area contributed by atoms with Crippen molar-refractivity contribution in [2.45, 2.75) is 57.3 Å². The number of nitrogens with zero attached hydrogens (tertiary/aromatic N) is 4. The number of hydrogen-bond donors (Lipinski definition) is 0. The van der Waals surface area contributed by atoms with Crippen molar-refractivity contribution in [2.75, 3.05) is 24.6 Å². The van der Waals surface area contributed by atoms with E-state index in [-0.39, 0.29) is 17.2 Å². The summed E-state index contributed by atoms with van der Waals surface area (Å²) in [5, 5.41) is 4.66. The lowest BCUT2D eigenvalue weighted by Crippen LogP contribution is -2.50. The van der Waals surface area contributed by atoms with Gasteiger partial charge >= 0.3 is 6.18 Å². The molecule has 10 heteroatoms. The zero-order valence-corrected chi connectivity index (χ0v) is 20.1. The molecule has 6 rings (SSSR count). The van der Waals surface area contributed by atoms with Crippen LogP contribution in [0, 0.1) is 17.3 Å². The van der Waals surface area contributed by atoms with Crippen molar-refractivity contribution in [1.82, 2.24) is 19.7 Å². The summed E-state index contributed by atoms with van der Waals surface area (Å²) in [7, 11) is -2.82. The van der Waals surface area contributed by atoms with E-state index in [1.807, 2.05) is 24.6 Å². The van der Waals surface area contributed by atoms with E-state index in [1.165, 1.54) is 6.07 Å². The lowest BCUT2D eigenvalue weighted by molar-refractivity contribution is -0.141. The van der Waals surface area contributed by atoms with Crippen molar-refractivity contribution < 1.29 is 21.6 Å². The smallest absolute Gasteiger partial charge is 0.300 e. The zero-order valence-electron chi connectivity index (χ0n) is 19.3. The van der Waals surface area contributed by atoms with Gasteiger partial charge in [-0.2, -0.15) is 18.3 Å². The van der Waals surface area contributed by atoms with Crippen LogP contribution in [0.4, 0.5) is 13.2 Å². The summed E-state index contributed by atoms with van der Waals surface area (Å²) >= 11 is 0. The zero-order chi connectivity index (χ0) is 24.0. The van der Waals surface area contributed by atoms with Crippen LogP contribution in [0.5, 0.6) is 0 Å². The van der Waals surface area contributed by atoms with E-state index in [4.69, 9.17) is 0 Å². The van der Waals surface area contributed by atoms with Crippen LogP contribution in [0.25, 0.3) is 11.4 Å². The Morgan fingerprint density at radius 1 is 1.12 bits per heavy atom. The molecule has 2 aliphatic heterocycles. The first-order chi connectivity index (χ1) is 15.9. The van der Waals surface area contributed by atoms with Crippen molar-refractivity contribution in [1.29, 1.82) is 0 Å². The van der Waals surface area contributed by atoms with E-state index in [0.717, 1.165) is 44.1 Å². The third kappa shape index (κ3) is 3.68. The average Bonchev–Trinajstić information content (AvgIpc) is 3.18. The van der Waals surface area contributed by atoms with Crippen LogP contribution in [-0.2, 0) is 16.0 Å². The quantitative estimate of drug-likeness (QED) is 0.639. The molecule has 34 heavy (non-hydrogen) atoms. The predicted octanol–water partition coefficient (Wildman–Crippen LogP) is 4.16. The van der Waals surface area contributed by atoms with Crippen LogP contribution in [0.3, 0.4) is 0 Å². The normalized spacial score (nSPS) is 31.7. The van der Waals surface area contributed by atoms with Gasteiger partial charge in [0, 0.05) is 35.7 Å². The molecule has 1 spiro atoms. The lowest BCUT2D eigenvalue weighted by Gasteiger charge is -2.38. The summed E-state index contributed by atoms with van der Waals surface area (Å²) < 4.78 is 64.8. The second-order valence-corrected chi connectivity index (χ2v) is 13.2. The summed E-state index contributed by atoms with van der Waals surface area (Å²) in [6.45, 7) is 5.96. The third-order valence-electron chi connectivity index (χ3n) is 8.35. The molecule has 4 heterocycles. The number of likely N-dealkylation sites (tertiary alicyclic amines) is 1. The monoisotopic (exact) mass is 494 g/mol. The standard InChI is InChI=1S/C24H29F3N4O2S/c1-14(2)31-20(10-19(29-31)18-4-3-5-21(28-18)24(25,26)27)22-16-8-15(9-17(16)22)30-7-6-23(11-30)12-34(32,33)13-23/h3-5,10,14-17,22H,6-9,11-13H2,1-2H3/t15-,16+,17-,22-. The Bertz CT molecular complexity index is 1220. The molecule has 2 aromatic rings. The van der Waals surface area contributed by atoms with E-state index in [1.54, 1.807) is 6.07 Å². The van der Waals surface area contributed by atoms with Crippen LogP contribution in [0.15, 0.2) is 24.3 Å². The molecule has 2 aliphatic carbocycles. The van der Waals surface area contributed by atoms with Crippen molar-refractivity contribution in [2.24, 2.45) is 17.3 Å². The highest BCUT2D eigenvalue weighted by Crippen LogP contribution is 2.64. The first kappa shape index (κ1) is 22.5. The van der Waals surface area contributed by atoms with Gasteiger partial charge in [0.2, 0.25) is 0 Å². The largest absolute Gasteiger partial charge is 0.433 e. The van der Waals surface area contributed by atoms with Gasteiger partial charge in [0.15, 0.2) is 9.84 Å². The van der Waals surface area contributed by atoms with Crippen molar-refractivity contribution >= 4 is 9.84 Å². The van der Waals surface area contributed by atoms with Gasteiger partial charge in [0.1, 0.15) is 11.4 Å². The van der Waals surface area contributed by atoms with Crippen LogP contribution in [0.2, 0.25) is 0 Å². The molecule has 0 unspecified atom stereocenters. The van der Waals surface area contributed by atoms with Gasteiger partial charge in [-0.05, 0) is 69.7 Å². The number of sulfone groups is 1. The minimum absolute atomic E-state index is 0.00582. The summed E-state index contributed by atoms with van der Waals surface area (Å²) in [5.74, 6) is 2.19. The summed E-state index contributed by atoms with van der Waals surface area (Å²) in [5.41, 5.74) is 0.926. The van der Waals surface area contributed by atoms with Gasteiger partial charge in [-0.25, -0.2) is 13.4 Å². The Labute approximate surface area is 197 Å². The van der Waals surface area contributed by atoms with Crippen molar-refractivity contribution in [3.05, 3.63) is 35.7 Å². The van der Waals surface area contributed by atoms with Crippen LogP contribution >= 0.6 is 0 Å². The molecule has 4 atom stereocenters. The number of hydrogen-bond acceptors (Lipinski definition) is 5. The SMILES string of the molecule is CC(C)n1nc(-c2cccc(C(F)(F)F)n2)cc1[C@H]1[C@@H]2C[C@H](N3CCC4(C3)CS(=O)(=O)C4)C[C@@H]21. The Balaban J connectivity index is 1.17. The van der Waals surface area contributed by atoms with Gasteiger partial charge in [-0.3, -0.25) is 9.58 Å². The highest BCUT2D eigenvalue weighted by atomic mass is 32.2. The molecule has 0 N–H and O–H groups in total. The Hall–Kier alpha value is -1.94. The molecule has 184 valence electrons. The second kappa shape index (κ2) is 7.29. The molecule has 0 aromatic carbocycles. The molecule has 2 saturated heterocycles. The Morgan fingerprint density at radius 3 is 2.44 bits per heavy atom. The molecule has 0 amide bonds. The summed E-state index contributed by atoms with van der Waals surface area (Å²) in [4.78, 5) is 6.34.